The summed E-state index contributed by atoms with van der Waals surface area (Å²) in [4.78, 5) is 13.8. The topological polar surface area (TPSA) is 75.0 Å². The van der Waals surface area contributed by atoms with Crippen molar-refractivity contribution in [2.45, 2.75) is 50.9 Å². The zero-order chi connectivity index (χ0) is 25.0. The van der Waals surface area contributed by atoms with Crippen molar-refractivity contribution in [1.82, 2.24) is 19.7 Å². The normalized spacial score (nSPS) is 24.5. The molecule has 35 heavy (non-hydrogen) atoms. The van der Waals surface area contributed by atoms with Crippen LogP contribution >= 0.6 is 0 Å². The molecule has 1 saturated heterocycles. The van der Waals surface area contributed by atoms with Crippen molar-refractivity contribution in [2.75, 3.05) is 38.7 Å². The number of hydrogen-bond acceptors (Lipinski definition) is 6. The largest absolute Gasteiger partial charge is 0.432 e. The fraction of sp³-hybridized carbons (Fsp3) is 0.542. The highest BCUT2D eigenvalue weighted by Crippen LogP contribution is 2.39. The van der Waals surface area contributed by atoms with Crippen LogP contribution in [0.15, 0.2) is 29.4 Å². The summed E-state index contributed by atoms with van der Waals surface area (Å²) in [5, 5.41) is 13.3. The van der Waals surface area contributed by atoms with Gasteiger partial charge in [0.2, 0.25) is 5.91 Å². The lowest BCUT2D eigenvalue weighted by Gasteiger charge is -2.28. The fourth-order valence-electron chi connectivity index (χ4n) is 5.34. The number of carbonyl (C=O) groups is 1. The van der Waals surface area contributed by atoms with E-state index in [2.05, 4.69) is 10.4 Å². The van der Waals surface area contributed by atoms with Crippen molar-refractivity contribution >= 4 is 23.1 Å². The standard InChI is InChI=1S/C24H29F3N6O2/c1-15(34)32-10-8-20-19(12-32)21(29-33(20)18-9-11-35-13-18)28-17-6-4-16(5-7-17)23(2)14-31(3)30-22(23)24(25,26)27/h4-7,18H,8-14H2,1-3H3,(H,28,29). The van der Waals surface area contributed by atoms with Crippen LogP contribution in [0.3, 0.4) is 0 Å². The molecule has 3 aliphatic rings. The molecule has 0 bridgehead atoms. The van der Waals surface area contributed by atoms with E-state index >= 15 is 0 Å². The van der Waals surface area contributed by atoms with Crippen LogP contribution in [0.5, 0.6) is 0 Å². The van der Waals surface area contributed by atoms with E-state index in [9.17, 15) is 18.0 Å². The Kier molecular flexibility index (Phi) is 5.77. The van der Waals surface area contributed by atoms with Crippen molar-refractivity contribution in [3.63, 3.8) is 0 Å². The summed E-state index contributed by atoms with van der Waals surface area (Å²) in [6, 6.07) is 7.10. The molecule has 2 atom stereocenters. The second kappa shape index (κ2) is 8.54. The Morgan fingerprint density at radius 2 is 2.00 bits per heavy atom. The molecule has 2 unspecified atom stereocenters. The highest BCUT2D eigenvalue weighted by Gasteiger charge is 2.52. The summed E-state index contributed by atoms with van der Waals surface area (Å²) in [5.74, 6) is 0.676. The van der Waals surface area contributed by atoms with Gasteiger partial charge in [-0.15, -0.1) is 0 Å². The Morgan fingerprint density at radius 1 is 1.26 bits per heavy atom. The minimum Gasteiger partial charge on any atom is -0.379 e. The van der Waals surface area contributed by atoms with Gasteiger partial charge in [0.05, 0.1) is 31.2 Å². The number of likely N-dealkylation sites (N-methyl/N-ethyl adjacent to an activating group) is 1. The summed E-state index contributed by atoms with van der Waals surface area (Å²) in [7, 11) is 1.55. The van der Waals surface area contributed by atoms with Crippen molar-refractivity contribution in [3.05, 3.63) is 41.1 Å². The molecule has 1 N–H and O–H groups in total. The van der Waals surface area contributed by atoms with Gasteiger partial charge >= 0.3 is 6.18 Å². The van der Waals surface area contributed by atoms with Crippen molar-refractivity contribution in [1.29, 1.82) is 0 Å². The molecular formula is C24H29F3N6O2. The third kappa shape index (κ3) is 4.26. The van der Waals surface area contributed by atoms with Gasteiger partial charge in [-0.2, -0.15) is 23.4 Å². The van der Waals surface area contributed by atoms with E-state index in [1.807, 2.05) is 4.68 Å². The van der Waals surface area contributed by atoms with Crippen LogP contribution in [0.4, 0.5) is 24.7 Å². The van der Waals surface area contributed by atoms with Gasteiger partial charge in [-0.25, -0.2) is 0 Å². The second-order valence-electron chi connectivity index (χ2n) is 9.72. The molecule has 8 nitrogen and oxygen atoms in total. The number of hydrogen-bond donors (Lipinski definition) is 1. The maximum atomic E-state index is 13.6. The molecule has 2 aromatic rings. The van der Waals surface area contributed by atoms with E-state index in [1.165, 1.54) is 5.01 Å². The van der Waals surface area contributed by atoms with E-state index in [1.54, 1.807) is 50.1 Å². The van der Waals surface area contributed by atoms with Gasteiger partial charge in [-0.1, -0.05) is 12.1 Å². The number of nitrogens with one attached hydrogen (secondary N) is 1. The smallest absolute Gasteiger partial charge is 0.379 e. The number of ether oxygens (including phenoxy) is 1. The van der Waals surface area contributed by atoms with E-state index in [4.69, 9.17) is 9.84 Å². The zero-order valence-corrected chi connectivity index (χ0v) is 20.0. The van der Waals surface area contributed by atoms with Crippen LogP contribution in [-0.2, 0) is 27.9 Å². The van der Waals surface area contributed by atoms with Gasteiger partial charge in [0.1, 0.15) is 0 Å². The van der Waals surface area contributed by atoms with Crippen LogP contribution in [0.25, 0.3) is 0 Å². The molecule has 4 heterocycles. The maximum absolute atomic E-state index is 13.6. The molecule has 0 spiro atoms. The Morgan fingerprint density at radius 3 is 2.63 bits per heavy atom. The number of benzene rings is 1. The summed E-state index contributed by atoms with van der Waals surface area (Å²) in [6.45, 7) is 5.70. The highest BCUT2D eigenvalue weighted by atomic mass is 19.4. The number of anilines is 2. The van der Waals surface area contributed by atoms with Crippen LogP contribution in [0, 0.1) is 0 Å². The van der Waals surface area contributed by atoms with Crippen molar-refractivity contribution in [3.8, 4) is 0 Å². The average Bonchev–Trinajstić information content (AvgIpc) is 3.52. The number of rotatable bonds is 4. The predicted molar refractivity (Wildman–Crippen MR) is 125 cm³/mol. The number of hydrazone groups is 1. The third-order valence-corrected chi connectivity index (χ3v) is 7.17. The first-order valence-electron chi connectivity index (χ1n) is 11.7. The molecule has 1 aromatic carbocycles. The van der Waals surface area contributed by atoms with Gasteiger partial charge in [0.15, 0.2) is 11.5 Å². The van der Waals surface area contributed by atoms with Crippen LogP contribution in [0.1, 0.15) is 43.1 Å². The summed E-state index contributed by atoms with van der Waals surface area (Å²) in [6.07, 6.45) is -2.91. The fourth-order valence-corrected chi connectivity index (χ4v) is 5.34. The van der Waals surface area contributed by atoms with E-state index in [0.717, 1.165) is 17.7 Å². The first-order chi connectivity index (χ1) is 16.6. The molecule has 1 amide bonds. The van der Waals surface area contributed by atoms with E-state index < -0.39 is 17.3 Å². The number of alkyl halides is 3. The molecule has 1 aromatic heterocycles. The minimum atomic E-state index is -4.51. The van der Waals surface area contributed by atoms with E-state index in [-0.39, 0.29) is 18.5 Å². The van der Waals surface area contributed by atoms with Gasteiger partial charge in [0.25, 0.3) is 0 Å². The molecule has 3 aliphatic heterocycles. The summed E-state index contributed by atoms with van der Waals surface area (Å²) in [5.41, 5.74) is 1.29. The van der Waals surface area contributed by atoms with Crippen LogP contribution < -0.4 is 5.32 Å². The van der Waals surface area contributed by atoms with Gasteiger partial charge in [-0.3, -0.25) is 14.5 Å². The zero-order valence-electron chi connectivity index (χ0n) is 20.0. The minimum absolute atomic E-state index is 0.0137. The predicted octanol–water partition coefficient (Wildman–Crippen LogP) is 3.61. The Bertz CT molecular complexity index is 1150. The first kappa shape index (κ1) is 23.7. The monoisotopic (exact) mass is 490 g/mol. The summed E-state index contributed by atoms with van der Waals surface area (Å²) >= 11 is 0. The van der Waals surface area contributed by atoms with Crippen LogP contribution in [0.2, 0.25) is 0 Å². The molecule has 11 heteroatoms. The quantitative estimate of drug-likeness (QED) is 0.709. The molecule has 188 valence electrons. The number of fused-ring (bicyclic) bond motifs is 1. The molecule has 1 fully saturated rings. The number of halogens is 3. The Hall–Kier alpha value is -3.08. The lowest BCUT2D eigenvalue weighted by atomic mass is 9.78. The Balaban J connectivity index is 1.43. The molecule has 0 aliphatic carbocycles. The maximum Gasteiger partial charge on any atom is 0.432 e. The number of carbonyl (C=O) groups excluding carboxylic acids is 1. The third-order valence-electron chi connectivity index (χ3n) is 7.17. The van der Waals surface area contributed by atoms with Crippen LogP contribution in [-0.4, -0.2) is 70.8 Å². The second-order valence-corrected chi connectivity index (χ2v) is 9.72. The average molecular weight is 491 g/mol. The van der Waals surface area contributed by atoms with Crippen molar-refractivity contribution in [2.24, 2.45) is 5.10 Å². The number of nitrogens with zero attached hydrogens (tertiary/aromatic N) is 5. The van der Waals surface area contributed by atoms with Gasteiger partial charge in [0, 0.05) is 50.5 Å². The molecule has 0 saturated carbocycles. The highest BCUT2D eigenvalue weighted by molar-refractivity contribution is 6.00. The Labute approximate surface area is 201 Å². The molecular weight excluding hydrogens is 461 g/mol. The number of amides is 1. The van der Waals surface area contributed by atoms with Gasteiger partial charge in [-0.05, 0) is 31.0 Å². The molecule has 5 rings (SSSR count). The lowest BCUT2D eigenvalue weighted by molar-refractivity contribution is -0.129. The SMILES string of the molecule is CC(=O)N1CCc2c(c(Nc3ccc(C4(C)CN(C)N=C4C(F)(F)F)cc3)nn2C2CCOC2)C1. The first-order valence-corrected chi connectivity index (χ1v) is 11.7. The van der Waals surface area contributed by atoms with E-state index in [0.29, 0.717) is 49.8 Å². The molecule has 0 radical (unpaired) electrons. The lowest BCUT2D eigenvalue weighted by Crippen LogP contribution is -2.42. The summed E-state index contributed by atoms with van der Waals surface area (Å²) < 4.78 is 48.5. The number of aromatic nitrogens is 2. The van der Waals surface area contributed by atoms with Crippen molar-refractivity contribution < 1.29 is 22.7 Å². The van der Waals surface area contributed by atoms with Gasteiger partial charge < -0.3 is 15.0 Å².